The summed E-state index contributed by atoms with van der Waals surface area (Å²) in [6, 6.07) is 5.21. The first-order chi connectivity index (χ1) is 24.4. The van der Waals surface area contributed by atoms with E-state index in [-0.39, 0.29) is 65.4 Å². The van der Waals surface area contributed by atoms with Crippen LogP contribution in [0.4, 0.5) is 11.4 Å². The van der Waals surface area contributed by atoms with Crippen molar-refractivity contribution in [3.8, 4) is 0 Å². The Morgan fingerprint density at radius 1 is 0.796 bits per heavy atom. The molecular formula is C30H37N2O17S5+. The molecule has 298 valence electrons. The molecule has 0 radical (unpaired) electrons. The van der Waals surface area contributed by atoms with Crippen molar-refractivity contribution >= 4 is 73.6 Å². The van der Waals surface area contributed by atoms with E-state index in [0.717, 1.165) is 6.07 Å². The molecule has 24 heteroatoms. The van der Waals surface area contributed by atoms with Gasteiger partial charge in [-0.1, -0.05) is 19.9 Å². The first kappa shape index (κ1) is 43.1. The van der Waals surface area contributed by atoms with Crippen LogP contribution in [-0.2, 0) is 61.4 Å². The molecule has 54 heavy (non-hydrogen) atoms. The van der Waals surface area contributed by atoms with Gasteiger partial charge in [-0.2, -0.15) is 46.7 Å². The normalized spacial score (nSPS) is 19.9. The number of anilines is 1. The zero-order valence-corrected chi connectivity index (χ0v) is 32.8. The van der Waals surface area contributed by atoms with Crippen molar-refractivity contribution in [2.75, 3.05) is 35.2 Å². The van der Waals surface area contributed by atoms with Crippen LogP contribution in [0.5, 0.6) is 0 Å². The van der Waals surface area contributed by atoms with Gasteiger partial charge in [-0.3, -0.25) is 22.8 Å². The molecule has 2 aromatic carbocycles. The molecule has 0 aromatic heterocycles. The lowest BCUT2D eigenvalue weighted by Gasteiger charge is -2.27. The number of benzene rings is 2. The Bertz CT molecular complexity index is 2580. The molecule has 2 aromatic rings. The Kier molecular flexibility index (Phi) is 11.6. The molecule has 0 spiro atoms. The predicted octanol–water partition coefficient (Wildman–Crippen LogP) is 1.92. The van der Waals surface area contributed by atoms with E-state index in [1.54, 1.807) is 0 Å². The maximum atomic E-state index is 12.6. The lowest BCUT2D eigenvalue weighted by atomic mass is 9.80. The third kappa shape index (κ3) is 9.43. The summed E-state index contributed by atoms with van der Waals surface area (Å²) in [5.74, 6) is -3.85. The quantitative estimate of drug-likeness (QED) is 0.110. The fourth-order valence-corrected chi connectivity index (χ4v) is 10.4. The van der Waals surface area contributed by atoms with Crippen molar-refractivity contribution in [2.45, 2.75) is 54.2 Å². The van der Waals surface area contributed by atoms with E-state index in [1.807, 2.05) is 0 Å². The minimum absolute atomic E-state index is 0.0865. The van der Waals surface area contributed by atoms with Crippen LogP contribution >= 0.6 is 0 Å². The fraction of sp³-hybridized carbons (Fsp3) is 0.400. The number of hydrogen-bond donors (Lipinski definition) is 6. The van der Waals surface area contributed by atoms with Gasteiger partial charge in [0.2, 0.25) is 5.69 Å². The highest BCUT2D eigenvalue weighted by Crippen LogP contribution is 2.51. The molecule has 0 saturated heterocycles. The summed E-state index contributed by atoms with van der Waals surface area (Å²) in [7, 11) is -24.0. The highest BCUT2D eigenvalue weighted by Gasteiger charge is 2.51. The van der Waals surface area contributed by atoms with Gasteiger partial charge in [0.05, 0.1) is 33.1 Å². The smallest absolute Gasteiger partial charge is 0.335 e. The van der Waals surface area contributed by atoms with E-state index in [9.17, 15) is 74.8 Å². The zero-order chi connectivity index (χ0) is 41.0. The molecule has 19 nitrogen and oxygen atoms in total. The Hall–Kier alpha value is -3.59. The molecule has 2 aliphatic heterocycles. The van der Waals surface area contributed by atoms with Gasteiger partial charge in [-0.25, -0.2) is 4.79 Å². The van der Waals surface area contributed by atoms with E-state index < -0.39 is 94.4 Å². The average molecular weight is 858 g/mol. The first-order valence-electron chi connectivity index (χ1n) is 15.5. The summed E-state index contributed by atoms with van der Waals surface area (Å²) < 4.78 is 171. The molecular weight excluding hydrogens is 821 g/mol. The molecule has 0 saturated carbocycles. The van der Waals surface area contributed by atoms with Crippen LogP contribution in [0.1, 0.15) is 55.1 Å². The molecule has 0 bridgehead atoms. The molecule has 1 atom stereocenters. The van der Waals surface area contributed by atoms with Crippen molar-refractivity contribution in [1.82, 2.24) is 0 Å². The minimum Gasteiger partial charge on any atom is -0.478 e. The number of allylic oxidation sites excluding steroid dienone is 4. The number of fused-ring (bicyclic) bond motifs is 2. The van der Waals surface area contributed by atoms with Crippen molar-refractivity contribution in [1.29, 1.82) is 0 Å². The molecule has 0 fully saturated rings. The Morgan fingerprint density at radius 3 is 1.91 bits per heavy atom. The van der Waals surface area contributed by atoms with Crippen molar-refractivity contribution < 1.29 is 79.3 Å². The lowest BCUT2D eigenvalue weighted by molar-refractivity contribution is -0.437. The number of carboxylic acid groups (broad SMARTS) is 1. The molecule has 4 rings (SSSR count). The van der Waals surface area contributed by atoms with Crippen molar-refractivity contribution in [3.63, 3.8) is 0 Å². The summed E-state index contributed by atoms with van der Waals surface area (Å²) in [5, 5.41) is 9.67. The van der Waals surface area contributed by atoms with Crippen LogP contribution in [0.3, 0.4) is 0 Å². The van der Waals surface area contributed by atoms with Gasteiger partial charge >= 0.3 is 5.97 Å². The largest absolute Gasteiger partial charge is 0.478 e. The third-order valence-electron chi connectivity index (χ3n) is 9.01. The van der Waals surface area contributed by atoms with Gasteiger partial charge in [0.25, 0.3) is 50.6 Å². The predicted molar refractivity (Wildman–Crippen MR) is 193 cm³/mol. The summed E-state index contributed by atoms with van der Waals surface area (Å²) in [6.07, 6.45) is 3.51. The lowest BCUT2D eigenvalue weighted by Crippen LogP contribution is -2.38. The number of carbonyl (C=O) groups is 1. The first-order valence-corrected chi connectivity index (χ1v) is 23.3. The van der Waals surface area contributed by atoms with Crippen LogP contribution in [0, 0.1) is 0 Å². The Labute approximate surface area is 312 Å². The van der Waals surface area contributed by atoms with Gasteiger partial charge in [-0.15, -0.1) is 0 Å². The minimum atomic E-state index is -5.18. The van der Waals surface area contributed by atoms with Gasteiger partial charge < -0.3 is 10.0 Å². The number of rotatable bonds is 15. The van der Waals surface area contributed by atoms with Crippen LogP contribution in [0.25, 0.3) is 0 Å². The summed E-state index contributed by atoms with van der Waals surface area (Å²) in [6.45, 7) is 3.86. The fourth-order valence-electron chi connectivity index (χ4n) is 6.89. The zero-order valence-electron chi connectivity index (χ0n) is 28.7. The number of nitrogens with zero attached hydrogens (tertiary/aromatic N) is 2. The second kappa shape index (κ2) is 14.5. The second-order valence-corrected chi connectivity index (χ2v) is 20.8. The highest BCUT2D eigenvalue weighted by atomic mass is 32.2. The molecule has 0 aliphatic carbocycles. The summed E-state index contributed by atoms with van der Waals surface area (Å²) in [4.78, 5) is 11.4. The van der Waals surface area contributed by atoms with Crippen LogP contribution < -0.4 is 4.90 Å². The molecule has 2 aliphatic rings. The van der Waals surface area contributed by atoms with Gasteiger partial charge in [0, 0.05) is 53.0 Å². The average Bonchev–Trinajstić information content (AvgIpc) is 3.32. The number of carboxylic acids is 1. The third-order valence-corrected chi connectivity index (χ3v) is 13.3. The highest BCUT2D eigenvalue weighted by molar-refractivity contribution is 7.87. The number of aromatic carboxylic acids is 1. The van der Waals surface area contributed by atoms with Gasteiger partial charge in [-0.05, 0) is 43.7 Å². The van der Waals surface area contributed by atoms with Gasteiger partial charge in [0.15, 0.2) is 5.71 Å². The molecule has 2 heterocycles. The number of hydrogen-bond acceptors (Lipinski definition) is 12. The topological polar surface area (TPSA) is 315 Å². The van der Waals surface area contributed by atoms with Crippen molar-refractivity contribution in [3.05, 3.63) is 70.9 Å². The van der Waals surface area contributed by atoms with Crippen LogP contribution in [0.2, 0.25) is 0 Å². The molecule has 0 amide bonds. The molecule has 1 unspecified atom stereocenters. The maximum absolute atomic E-state index is 12.6. The molecule has 6 N–H and O–H groups in total. The summed E-state index contributed by atoms with van der Waals surface area (Å²) in [5.41, 5.74) is -3.15. The maximum Gasteiger partial charge on any atom is 0.335 e. The van der Waals surface area contributed by atoms with Crippen molar-refractivity contribution in [2.24, 2.45) is 0 Å². The van der Waals surface area contributed by atoms with E-state index in [1.165, 1.54) is 66.7 Å². The monoisotopic (exact) mass is 857 g/mol. The Morgan fingerprint density at radius 2 is 1.39 bits per heavy atom. The van der Waals surface area contributed by atoms with Gasteiger partial charge in [0.1, 0.15) is 11.4 Å². The van der Waals surface area contributed by atoms with E-state index in [0.29, 0.717) is 6.07 Å². The van der Waals surface area contributed by atoms with E-state index in [2.05, 4.69) is 0 Å². The van der Waals surface area contributed by atoms with Crippen LogP contribution in [0.15, 0.2) is 64.0 Å². The second-order valence-electron chi connectivity index (χ2n) is 13.4. The van der Waals surface area contributed by atoms with E-state index in [4.69, 9.17) is 0 Å². The van der Waals surface area contributed by atoms with E-state index >= 15 is 0 Å². The summed E-state index contributed by atoms with van der Waals surface area (Å²) >= 11 is 0. The standard InChI is InChI=1S/C30H36N2O17S5/c1-29(2)25(32(12-6-14-51(38,39)40)23-16-20(53(44,45)46)17-24(27(23)29)54(47,48)49)7-4-8-26-30(3,18-52(41,42)43)21-15-19(28(33)34)9-10-22(21)31(26)11-5-13-50(35,36)37/h4,7-10,15-17H,5-6,11-14,18H2,1-3H3,(H5-,33,34,35,36,37,38,39,40,41,42,43,44,45,46,47,48,49)/p+1. The van der Waals surface area contributed by atoms with Crippen LogP contribution in [-0.4, -0.2) is 117 Å². The Balaban J connectivity index is 2.00. The SMILES string of the molecule is CC1(CS(=O)(=O)O)C(/C=C/C=C2/N(CCCS(=O)(=O)O)c3cc(S(=O)(=O)O)cc(S(=O)(=O)O)c3C2(C)C)=[N+](CCCS(=O)(=O)O)c2ccc(C(=O)O)cc21.